The molecule has 0 aliphatic rings. The van der Waals surface area contributed by atoms with Crippen LogP contribution in [0, 0.1) is 22.1 Å². The summed E-state index contributed by atoms with van der Waals surface area (Å²) >= 11 is 7.77. The Bertz CT molecular complexity index is 671. The topological polar surface area (TPSA) is 17.1 Å². The Labute approximate surface area is 127 Å². The van der Waals surface area contributed by atoms with E-state index in [-0.39, 0.29) is 16.7 Å². The molecule has 19 heavy (non-hydrogen) atoms. The summed E-state index contributed by atoms with van der Waals surface area (Å²) in [6.07, 6.45) is 0. The van der Waals surface area contributed by atoms with E-state index in [0.29, 0.717) is 8.59 Å². The molecule has 0 aliphatic heterocycles. The number of carbonyl (C=O) groups is 1. The zero-order valence-corrected chi connectivity index (χ0v) is 12.7. The number of hydrogen-bond donors (Lipinski definition) is 0. The lowest BCUT2D eigenvalue weighted by atomic mass is 10.0. The number of benzene rings is 2. The summed E-state index contributed by atoms with van der Waals surface area (Å²) in [5.41, 5.74) is 0.133. The van der Waals surface area contributed by atoms with E-state index in [2.05, 4.69) is 0 Å². The molecule has 5 heteroatoms. The van der Waals surface area contributed by atoms with Crippen LogP contribution < -0.4 is 0 Å². The normalized spacial score (nSPS) is 10.6. The van der Waals surface area contributed by atoms with Crippen molar-refractivity contribution in [3.8, 4) is 0 Å². The summed E-state index contributed by atoms with van der Waals surface area (Å²) < 4.78 is 27.9. The predicted octanol–water partition coefficient (Wildman–Crippen LogP) is 4.76. The second-order valence-electron chi connectivity index (χ2n) is 4.01. The quantitative estimate of drug-likeness (QED) is 0.532. The van der Waals surface area contributed by atoms with E-state index in [9.17, 15) is 13.6 Å². The van der Waals surface area contributed by atoms with Gasteiger partial charge in [0.25, 0.3) is 0 Å². The third kappa shape index (κ3) is 2.79. The van der Waals surface area contributed by atoms with Crippen LogP contribution in [-0.4, -0.2) is 5.78 Å². The molecule has 0 N–H and O–H groups in total. The molecule has 0 amide bonds. The predicted molar refractivity (Wildman–Crippen MR) is 78.7 cm³/mol. The largest absolute Gasteiger partial charge is 0.288 e. The van der Waals surface area contributed by atoms with Crippen molar-refractivity contribution < 1.29 is 13.6 Å². The van der Waals surface area contributed by atoms with E-state index in [1.165, 1.54) is 25.1 Å². The lowest BCUT2D eigenvalue weighted by Crippen LogP contribution is -2.08. The van der Waals surface area contributed by atoms with Crippen LogP contribution in [0.3, 0.4) is 0 Å². The van der Waals surface area contributed by atoms with E-state index in [1.54, 1.807) is 12.1 Å². The summed E-state index contributed by atoms with van der Waals surface area (Å²) in [5.74, 6) is -2.70. The van der Waals surface area contributed by atoms with Gasteiger partial charge in [-0.3, -0.25) is 4.79 Å². The Balaban J connectivity index is 2.56. The average molecular weight is 393 g/mol. The number of hydrogen-bond acceptors (Lipinski definition) is 1. The van der Waals surface area contributed by atoms with E-state index < -0.39 is 17.4 Å². The summed E-state index contributed by atoms with van der Waals surface area (Å²) in [7, 11) is 0. The zero-order chi connectivity index (χ0) is 14.2. The average Bonchev–Trinajstić information content (AvgIpc) is 2.38. The third-order valence-corrected chi connectivity index (χ3v) is 3.87. The molecule has 0 atom stereocenters. The molecule has 98 valence electrons. The van der Waals surface area contributed by atoms with Crippen LogP contribution in [-0.2, 0) is 0 Å². The van der Waals surface area contributed by atoms with Gasteiger partial charge in [0.1, 0.15) is 0 Å². The second kappa shape index (κ2) is 5.54. The van der Waals surface area contributed by atoms with Crippen LogP contribution in [0.5, 0.6) is 0 Å². The van der Waals surface area contributed by atoms with Gasteiger partial charge in [0.05, 0.1) is 5.56 Å². The number of aryl methyl sites for hydroxylation is 1. The zero-order valence-electron chi connectivity index (χ0n) is 9.81. The first kappa shape index (κ1) is 14.4. The van der Waals surface area contributed by atoms with E-state index >= 15 is 0 Å². The van der Waals surface area contributed by atoms with Crippen molar-refractivity contribution in [2.24, 2.45) is 0 Å². The molecule has 0 saturated heterocycles. The lowest BCUT2D eigenvalue weighted by Gasteiger charge is -2.07. The molecular weight excluding hydrogens is 385 g/mol. The molecule has 0 aromatic heterocycles. The maximum absolute atomic E-state index is 13.8. The number of halogens is 4. The molecule has 0 heterocycles. The van der Waals surface area contributed by atoms with Crippen molar-refractivity contribution in [3.63, 3.8) is 0 Å². The van der Waals surface area contributed by atoms with Crippen molar-refractivity contribution in [1.29, 1.82) is 0 Å². The molecular formula is C14H8ClF2IO. The molecule has 0 fully saturated rings. The molecule has 2 aromatic rings. The van der Waals surface area contributed by atoms with Crippen molar-refractivity contribution in [2.45, 2.75) is 6.92 Å². The van der Waals surface area contributed by atoms with E-state index in [4.69, 9.17) is 11.6 Å². The first-order chi connectivity index (χ1) is 8.91. The van der Waals surface area contributed by atoms with E-state index in [0.717, 1.165) is 0 Å². The number of rotatable bonds is 2. The van der Waals surface area contributed by atoms with Crippen LogP contribution in [0.1, 0.15) is 21.5 Å². The van der Waals surface area contributed by atoms with Crippen LogP contribution in [0.4, 0.5) is 8.78 Å². The highest BCUT2D eigenvalue weighted by Gasteiger charge is 2.20. The van der Waals surface area contributed by atoms with Gasteiger partial charge in [-0.2, -0.15) is 0 Å². The van der Waals surface area contributed by atoms with Gasteiger partial charge >= 0.3 is 0 Å². The van der Waals surface area contributed by atoms with Crippen LogP contribution in [0.25, 0.3) is 0 Å². The van der Waals surface area contributed by atoms with Crippen molar-refractivity contribution in [2.75, 3.05) is 0 Å². The molecule has 2 rings (SSSR count). The summed E-state index contributed by atoms with van der Waals surface area (Å²) in [6.45, 7) is 1.44. The SMILES string of the molecule is Cc1ccc(C(=O)c2cc(Cl)ccc2I)c(F)c1F. The molecule has 1 nitrogen and oxygen atoms in total. The summed E-state index contributed by atoms with van der Waals surface area (Å²) in [6, 6.07) is 7.39. The van der Waals surface area contributed by atoms with Crippen molar-refractivity contribution in [1.82, 2.24) is 0 Å². The molecule has 0 radical (unpaired) electrons. The maximum Gasteiger partial charge on any atom is 0.197 e. The van der Waals surface area contributed by atoms with Crippen molar-refractivity contribution in [3.05, 3.63) is 67.2 Å². The lowest BCUT2D eigenvalue weighted by molar-refractivity contribution is 0.103. The molecule has 0 saturated carbocycles. The Morgan fingerprint density at radius 3 is 2.47 bits per heavy atom. The van der Waals surface area contributed by atoms with Gasteiger partial charge in [-0.05, 0) is 59.3 Å². The van der Waals surface area contributed by atoms with Gasteiger partial charge in [0.2, 0.25) is 0 Å². The fourth-order valence-corrected chi connectivity index (χ4v) is 2.39. The molecule has 0 bridgehead atoms. The maximum atomic E-state index is 13.8. The summed E-state index contributed by atoms with van der Waals surface area (Å²) in [4.78, 5) is 12.2. The van der Waals surface area contributed by atoms with E-state index in [1.807, 2.05) is 22.6 Å². The fourth-order valence-electron chi connectivity index (χ4n) is 1.64. The van der Waals surface area contributed by atoms with Crippen molar-refractivity contribution >= 4 is 40.0 Å². The molecule has 0 unspecified atom stereocenters. The molecule has 0 spiro atoms. The second-order valence-corrected chi connectivity index (χ2v) is 5.61. The summed E-state index contributed by atoms with van der Waals surface area (Å²) in [5, 5.41) is 0.372. The minimum atomic E-state index is -1.12. The standard InChI is InChI=1S/C14H8ClF2IO/c1-7-2-4-9(13(17)12(7)16)14(19)10-6-8(15)3-5-11(10)18/h2-6H,1H3. The van der Waals surface area contributed by atoms with Gasteiger partial charge in [-0.1, -0.05) is 17.7 Å². The van der Waals surface area contributed by atoms with Gasteiger partial charge < -0.3 is 0 Å². The minimum Gasteiger partial charge on any atom is -0.288 e. The molecule has 2 aromatic carbocycles. The minimum absolute atomic E-state index is 0.162. The third-order valence-electron chi connectivity index (χ3n) is 2.69. The Kier molecular flexibility index (Phi) is 4.20. The highest BCUT2D eigenvalue weighted by molar-refractivity contribution is 14.1. The fraction of sp³-hybridized carbons (Fsp3) is 0.0714. The van der Waals surface area contributed by atoms with Gasteiger partial charge in [-0.15, -0.1) is 0 Å². The number of ketones is 1. The highest BCUT2D eigenvalue weighted by Crippen LogP contribution is 2.24. The Morgan fingerprint density at radius 1 is 1.11 bits per heavy atom. The van der Waals surface area contributed by atoms with Gasteiger partial charge in [-0.25, -0.2) is 8.78 Å². The van der Waals surface area contributed by atoms with Crippen LogP contribution in [0.15, 0.2) is 30.3 Å². The number of carbonyl (C=O) groups excluding carboxylic acids is 1. The first-order valence-electron chi connectivity index (χ1n) is 5.36. The first-order valence-corrected chi connectivity index (χ1v) is 6.82. The molecule has 0 aliphatic carbocycles. The van der Waals surface area contributed by atoms with Crippen LogP contribution >= 0.6 is 34.2 Å². The smallest absolute Gasteiger partial charge is 0.197 e. The monoisotopic (exact) mass is 392 g/mol. The van der Waals surface area contributed by atoms with Gasteiger partial charge in [0.15, 0.2) is 17.4 Å². The highest BCUT2D eigenvalue weighted by atomic mass is 127. The Hall–Kier alpha value is -1.01. The van der Waals surface area contributed by atoms with Gasteiger partial charge in [0, 0.05) is 14.2 Å². The Morgan fingerprint density at radius 2 is 1.79 bits per heavy atom. The van der Waals surface area contributed by atoms with Crippen LogP contribution in [0.2, 0.25) is 5.02 Å².